The van der Waals surface area contributed by atoms with Crippen molar-refractivity contribution < 1.29 is 4.92 Å². The van der Waals surface area contributed by atoms with Crippen molar-refractivity contribution in [2.45, 2.75) is 25.4 Å². The van der Waals surface area contributed by atoms with Crippen LogP contribution in [0.5, 0.6) is 0 Å². The quantitative estimate of drug-likeness (QED) is 0.676. The number of benzene rings is 1. The Hall–Kier alpha value is -0.940. The van der Waals surface area contributed by atoms with Gasteiger partial charge in [-0.3, -0.25) is 10.1 Å². The molecule has 1 fully saturated rings. The molecule has 0 aliphatic heterocycles. The van der Waals surface area contributed by atoms with E-state index in [9.17, 15) is 10.1 Å². The van der Waals surface area contributed by atoms with Gasteiger partial charge in [-0.15, -0.1) is 0 Å². The monoisotopic (exact) mass is 270 g/mol. The van der Waals surface area contributed by atoms with Gasteiger partial charge in [0.1, 0.15) is 0 Å². The Morgan fingerprint density at radius 1 is 1.53 bits per heavy atom. The molecule has 1 saturated carbocycles. The van der Waals surface area contributed by atoms with E-state index >= 15 is 0 Å². The summed E-state index contributed by atoms with van der Waals surface area (Å²) in [6.45, 7) is 0.687. The summed E-state index contributed by atoms with van der Waals surface area (Å²) in [5.41, 5.74) is 1.09. The fraction of sp³-hybridized carbons (Fsp3) is 0.400. The second-order valence-corrected chi connectivity index (χ2v) is 4.54. The third kappa shape index (κ3) is 2.76. The highest BCUT2D eigenvalue weighted by molar-refractivity contribution is 9.10. The molecule has 1 aliphatic carbocycles. The van der Waals surface area contributed by atoms with Crippen molar-refractivity contribution in [3.8, 4) is 0 Å². The maximum absolute atomic E-state index is 10.6. The number of nitro groups is 1. The van der Waals surface area contributed by atoms with Crippen LogP contribution in [0, 0.1) is 10.1 Å². The molecule has 80 valence electrons. The second-order valence-electron chi connectivity index (χ2n) is 3.69. The average molecular weight is 271 g/mol. The summed E-state index contributed by atoms with van der Waals surface area (Å²) >= 11 is 3.39. The number of halogens is 1. The predicted octanol–water partition coefficient (Wildman–Crippen LogP) is 2.61. The molecule has 5 heteroatoms. The minimum absolute atomic E-state index is 0.144. The number of hydrogen-bond donors (Lipinski definition) is 1. The molecule has 1 aliphatic rings. The van der Waals surface area contributed by atoms with Crippen LogP contribution in [0.3, 0.4) is 0 Å². The summed E-state index contributed by atoms with van der Waals surface area (Å²) in [7, 11) is 0. The van der Waals surface area contributed by atoms with Crippen LogP contribution in [0.25, 0.3) is 0 Å². The van der Waals surface area contributed by atoms with Crippen molar-refractivity contribution in [1.82, 2.24) is 5.32 Å². The molecule has 1 aromatic carbocycles. The molecule has 0 amide bonds. The lowest BCUT2D eigenvalue weighted by Crippen LogP contribution is -2.15. The van der Waals surface area contributed by atoms with Crippen LogP contribution in [-0.2, 0) is 6.54 Å². The van der Waals surface area contributed by atoms with Gasteiger partial charge in [0.2, 0.25) is 0 Å². The summed E-state index contributed by atoms with van der Waals surface area (Å²) in [6.07, 6.45) is 2.43. The smallest absolute Gasteiger partial charge is 0.269 e. The van der Waals surface area contributed by atoms with Gasteiger partial charge >= 0.3 is 0 Å². The van der Waals surface area contributed by atoms with Crippen LogP contribution in [0.2, 0.25) is 0 Å². The van der Waals surface area contributed by atoms with Gasteiger partial charge in [-0.05, 0) is 24.5 Å². The van der Waals surface area contributed by atoms with Crippen molar-refractivity contribution in [3.05, 3.63) is 38.3 Å². The van der Waals surface area contributed by atoms with E-state index in [0.717, 1.165) is 10.0 Å². The molecule has 2 rings (SSSR count). The topological polar surface area (TPSA) is 55.2 Å². The van der Waals surface area contributed by atoms with Gasteiger partial charge in [0.25, 0.3) is 5.69 Å². The van der Waals surface area contributed by atoms with Gasteiger partial charge < -0.3 is 5.32 Å². The highest BCUT2D eigenvalue weighted by atomic mass is 79.9. The summed E-state index contributed by atoms with van der Waals surface area (Å²) in [6, 6.07) is 5.45. The van der Waals surface area contributed by atoms with Crippen molar-refractivity contribution in [2.24, 2.45) is 0 Å². The fourth-order valence-electron chi connectivity index (χ4n) is 1.35. The van der Waals surface area contributed by atoms with E-state index in [2.05, 4.69) is 21.2 Å². The van der Waals surface area contributed by atoms with E-state index < -0.39 is 0 Å². The van der Waals surface area contributed by atoms with Crippen LogP contribution in [0.4, 0.5) is 5.69 Å². The molecule has 0 spiro atoms. The summed E-state index contributed by atoms with van der Waals surface area (Å²) in [5, 5.41) is 13.9. The van der Waals surface area contributed by atoms with E-state index in [1.54, 1.807) is 12.1 Å². The zero-order chi connectivity index (χ0) is 10.8. The Morgan fingerprint density at radius 3 is 2.87 bits per heavy atom. The van der Waals surface area contributed by atoms with Gasteiger partial charge in [0.05, 0.1) is 4.92 Å². The first-order valence-corrected chi connectivity index (χ1v) is 5.62. The third-order valence-electron chi connectivity index (χ3n) is 2.40. The SMILES string of the molecule is O=[N+]([O-])c1ccc(Br)c(CNC2CC2)c1. The molecular formula is C10H11BrN2O2. The minimum atomic E-state index is -0.368. The molecule has 0 radical (unpaired) electrons. The largest absolute Gasteiger partial charge is 0.310 e. The van der Waals surface area contributed by atoms with Crippen molar-refractivity contribution in [2.75, 3.05) is 0 Å². The first-order chi connectivity index (χ1) is 7.16. The second kappa shape index (κ2) is 4.28. The lowest BCUT2D eigenvalue weighted by Gasteiger charge is -2.05. The van der Waals surface area contributed by atoms with Crippen molar-refractivity contribution >= 4 is 21.6 Å². The molecule has 1 aromatic rings. The third-order valence-corrected chi connectivity index (χ3v) is 3.17. The predicted molar refractivity (Wildman–Crippen MR) is 60.7 cm³/mol. The van der Waals surface area contributed by atoms with E-state index in [1.807, 2.05) is 0 Å². The van der Waals surface area contributed by atoms with E-state index in [0.29, 0.717) is 12.6 Å². The van der Waals surface area contributed by atoms with Crippen molar-refractivity contribution in [3.63, 3.8) is 0 Å². The number of non-ortho nitro benzene ring substituents is 1. The Labute approximate surface area is 96.0 Å². The lowest BCUT2D eigenvalue weighted by molar-refractivity contribution is -0.384. The molecule has 0 bridgehead atoms. The summed E-state index contributed by atoms with van der Waals surface area (Å²) in [5.74, 6) is 0. The van der Waals surface area contributed by atoms with Gasteiger partial charge in [0, 0.05) is 29.2 Å². The first kappa shape index (κ1) is 10.6. The Balaban J connectivity index is 2.12. The highest BCUT2D eigenvalue weighted by Gasteiger charge is 2.20. The van der Waals surface area contributed by atoms with Gasteiger partial charge in [-0.1, -0.05) is 15.9 Å². The molecule has 0 saturated heterocycles. The van der Waals surface area contributed by atoms with Crippen molar-refractivity contribution in [1.29, 1.82) is 0 Å². The molecule has 0 aromatic heterocycles. The van der Waals surface area contributed by atoms with Gasteiger partial charge in [-0.2, -0.15) is 0 Å². The maximum atomic E-state index is 10.6. The number of nitrogens with zero attached hydrogens (tertiary/aromatic N) is 1. The normalized spacial score (nSPS) is 15.3. The first-order valence-electron chi connectivity index (χ1n) is 4.83. The Bertz CT molecular complexity index is 391. The average Bonchev–Trinajstić information content (AvgIpc) is 3.00. The molecular weight excluding hydrogens is 260 g/mol. The number of rotatable bonds is 4. The Morgan fingerprint density at radius 2 is 2.27 bits per heavy atom. The molecule has 15 heavy (non-hydrogen) atoms. The number of hydrogen-bond acceptors (Lipinski definition) is 3. The van der Waals surface area contributed by atoms with E-state index in [4.69, 9.17) is 0 Å². The molecule has 1 N–H and O–H groups in total. The highest BCUT2D eigenvalue weighted by Crippen LogP contribution is 2.24. The molecule has 0 atom stereocenters. The number of nitrogens with one attached hydrogen (secondary N) is 1. The zero-order valence-electron chi connectivity index (χ0n) is 8.07. The van der Waals surface area contributed by atoms with Crippen LogP contribution >= 0.6 is 15.9 Å². The van der Waals surface area contributed by atoms with Gasteiger partial charge in [-0.25, -0.2) is 0 Å². The fourth-order valence-corrected chi connectivity index (χ4v) is 1.74. The maximum Gasteiger partial charge on any atom is 0.269 e. The molecule has 4 nitrogen and oxygen atoms in total. The zero-order valence-corrected chi connectivity index (χ0v) is 9.66. The van der Waals surface area contributed by atoms with Crippen LogP contribution in [0.1, 0.15) is 18.4 Å². The summed E-state index contributed by atoms with van der Waals surface area (Å²) < 4.78 is 0.918. The van der Waals surface area contributed by atoms with Crippen LogP contribution in [0.15, 0.2) is 22.7 Å². The van der Waals surface area contributed by atoms with E-state index in [1.165, 1.54) is 18.9 Å². The molecule has 0 unspecified atom stereocenters. The van der Waals surface area contributed by atoms with Gasteiger partial charge in [0.15, 0.2) is 0 Å². The number of nitro benzene ring substituents is 1. The van der Waals surface area contributed by atoms with Crippen LogP contribution < -0.4 is 5.32 Å². The molecule has 0 heterocycles. The standard InChI is InChI=1S/C10H11BrN2O2/c11-10-4-3-9(13(14)15)5-7(10)6-12-8-1-2-8/h3-5,8,12H,1-2,6H2. The minimum Gasteiger partial charge on any atom is -0.310 e. The van der Waals surface area contributed by atoms with E-state index in [-0.39, 0.29) is 10.6 Å². The van der Waals surface area contributed by atoms with Crippen LogP contribution in [-0.4, -0.2) is 11.0 Å². The summed E-state index contributed by atoms with van der Waals surface area (Å²) in [4.78, 5) is 10.2. The lowest BCUT2D eigenvalue weighted by atomic mass is 10.2. The Kier molecular flexibility index (Phi) is 3.02.